The Bertz CT molecular complexity index is 1680. The number of benzene rings is 2. The molecule has 1 aromatic heterocycles. The number of halogens is 1. The third kappa shape index (κ3) is 4.97. The number of Topliss-reactive ketones (excluding diaryl/α,β-unsaturated/α-hetero) is 1. The molecule has 1 saturated heterocycles. The van der Waals surface area contributed by atoms with Gasteiger partial charge in [0.05, 0.1) is 24.3 Å². The summed E-state index contributed by atoms with van der Waals surface area (Å²) in [6, 6.07) is 16.5. The molecule has 8 nitrogen and oxygen atoms in total. The maximum absolute atomic E-state index is 14.3. The molecule has 3 aromatic rings. The lowest BCUT2D eigenvalue weighted by Gasteiger charge is -2.38. The molecule has 3 fully saturated rings. The highest BCUT2D eigenvalue weighted by molar-refractivity contribution is 6.30. The summed E-state index contributed by atoms with van der Waals surface area (Å²) >= 11 is 6.17. The van der Waals surface area contributed by atoms with Crippen LogP contribution in [0.3, 0.4) is 0 Å². The Labute approximate surface area is 268 Å². The van der Waals surface area contributed by atoms with Crippen LogP contribution >= 0.6 is 11.6 Å². The number of aliphatic hydroxyl groups is 2. The predicted octanol–water partition coefficient (Wildman–Crippen LogP) is 5.82. The molecule has 45 heavy (non-hydrogen) atoms. The molecule has 0 radical (unpaired) electrons. The second-order valence-electron chi connectivity index (χ2n) is 14.2. The van der Waals surface area contributed by atoms with Crippen LogP contribution in [-0.2, 0) is 14.3 Å². The topological polar surface area (TPSA) is 114 Å². The van der Waals surface area contributed by atoms with E-state index in [1.165, 1.54) is 0 Å². The quantitative estimate of drug-likeness (QED) is 0.276. The predicted molar refractivity (Wildman–Crippen MR) is 169 cm³/mol. The smallest absolute Gasteiger partial charge is 0.342 e. The number of carbonyl (C=O) groups excluding carboxylic acids is 2. The lowest BCUT2D eigenvalue weighted by atomic mass is 9.74. The molecule has 9 heteroatoms. The van der Waals surface area contributed by atoms with E-state index in [1.54, 1.807) is 42.1 Å². The number of hydrogen-bond acceptors (Lipinski definition) is 7. The largest absolute Gasteiger partial charge is 0.455 e. The summed E-state index contributed by atoms with van der Waals surface area (Å²) in [5.41, 5.74) is -0.315. The summed E-state index contributed by atoms with van der Waals surface area (Å²) < 4.78 is 14.2. The van der Waals surface area contributed by atoms with Crippen LogP contribution in [0.5, 0.6) is 0 Å². The van der Waals surface area contributed by atoms with E-state index in [-0.39, 0.29) is 23.3 Å². The highest BCUT2D eigenvalue weighted by atomic mass is 35.5. The molecule has 7 rings (SSSR count). The van der Waals surface area contributed by atoms with E-state index < -0.39 is 47.0 Å². The van der Waals surface area contributed by atoms with Crippen LogP contribution in [0.2, 0.25) is 5.02 Å². The Morgan fingerprint density at radius 1 is 1.13 bits per heavy atom. The summed E-state index contributed by atoms with van der Waals surface area (Å²) in [6.07, 6.45) is 2.93. The van der Waals surface area contributed by atoms with Gasteiger partial charge in [0.1, 0.15) is 28.6 Å². The number of aromatic nitrogens is 2. The van der Waals surface area contributed by atoms with Gasteiger partial charge in [-0.3, -0.25) is 4.79 Å². The second-order valence-corrected chi connectivity index (χ2v) is 14.6. The number of para-hydroxylation sites is 1. The second kappa shape index (κ2) is 10.6. The van der Waals surface area contributed by atoms with Gasteiger partial charge in [0.25, 0.3) is 0 Å². The first-order chi connectivity index (χ1) is 21.4. The molecule has 8 atom stereocenters. The van der Waals surface area contributed by atoms with Crippen molar-refractivity contribution < 1.29 is 29.3 Å². The van der Waals surface area contributed by atoms with Gasteiger partial charge in [0.15, 0.2) is 5.78 Å². The van der Waals surface area contributed by atoms with Crippen LogP contribution in [0.15, 0.2) is 72.4 Å². The minimum absolute atomic E-state index is 0.00694. The average Bonchev–Trinajstić information content (AvgIpc) is 3.79. The molecule has 0 amide bonds. The SMILES string of the molecule is C/C1=C\[C@@H]2[C@H](CC[C@]3(CO3)[C@H](OC(=O)c3cn(-c4ccccc4)nc3-c3ccc(Cl)cc3)[C@H]3[C@@H](O)[C@@H](C)C[C@]3(O)C1=O)C2(C)C. The zero-order valence-corrected chi connectivity index (χ0v) is 26.7. The van der Waals surface area contributed by atoms with Crippen molar-refractivity contribution in [1.82, 2.24) is 9.78 Å². The van der Waals surface area contributed by atoms with Gasteiger partial charge in [-0.15, -0.1) is 0 Å². The highest BCUT2D eigenvalue weighted by Gasteiger charge is 2.68. The summed E-state index contributed by atoms with van der Waals surface area (Å²) in [5.74, 6) is -2.03. The zero-order chi connectivity index (χ0) is 31.9. The van der Waals surface area contributed by atoms with Crippen molar-refractivity contribution in [3.63, 3.8) is 0 Å². The van der Waals surface area contributed by atoms with E-state index in [0.717, 1.165) is 12.1 Å². The maximum Gasteiger partial charge on any atom is 0.342 e. The standard InChI is InChI=1S/C36H39ClN2O6/c1-20-16-27-26(34(27,3)4)14-15-35(19-44-35)32(28-30(40)21(2)17-36(28,43)31(20)41)45-33(42)25-18-39(24-8-6-5-7-9-24)38-29(25)22-10-12-23(37)13-11-22/h5-13,16,18,21,26-28,30,32,40,43H,14-15,17,19H2,1-4H3/b20-16+/t21-,26-,27+,28+,30-,32+,35-,36+/m0/s1. The van der Waals surface area contributed by atoms with Crippen molar-refractivity contribution in [3.05, 3.63) is 83.0 Å². The van der Waals surface area contributed by atoms with Crippen molar-refractivity contribution >= 4 is 23.4 Å². The zero-order valence-electron chi connectivity index (χ0n) is 25.9. The third-order valence-corrected chi connectivity index (χ3v) is 11.3. The minimum atomic E-state index is -1.92. The Morgan fingerprint density at radius 3 is 2.49 bits per heavy atom. The van der Waals surface area contributed by atoms with Gasteiger partial charge in [0, 0.05) is 16.8 Å². The number of ketones is 1. The lowest BCUT2D eigenvalue weighted by Crippen LogP contribution is -2.56. The Balaban J connectivity index is 1.31. The molecule has 2 aromatic carbocycles. The molecule has 0 bridgehead atoms. The van der Waals surface area contributed by atoms with Crippen LogP contribution in [-0.4, -0.2) is 61.8 Å². The van der Waals surface area contributed by atoms with Crippen LogP contribution < -0.4 is 0 Å². The molecule has 2 heterocycles. The molecule has 236 valence electrons. The van der Waals surface area contributed by atoms with Crippen molar-refractivity contribution in [2.75, 3.05) is 6.61 Å². The van der Waals surface area contributed by atoms with Crippen molar-refractivity contribution in [2.24, 2.45) is 29.1 Å². The molecule has 0 unspecified atom stereocenters. The normalized spacial score (nSPS) is 36.3. The average molecular weight is 631 g/mol. The molecule has 2 saturated carbocycles. The molecular weight excluding hydrogens is 592 g/mol. The fourth-order valence-corrected chi connectivity index (χ4v) is 8.23. The van der Waals surface area contributed by atoms with E-state index in [1.807, 2.05) is 43.3 Å². The molecule has 1 spiro atoms. The van der Waals surface area contributed by atoms with Gasteiger partial charge in [-0.1, -0.05) is 68.8 Å². The van der Waals surface area contributed by atoms with E-state index in [0.29, 0.717) is 40.8 Å². The maximum atomic E-state index is 14.3. The van der Waals surface area contributed by atoms with Crippen LogP contribution in [0, 0.1) is 29.1 Å². The number of carbonyl (C=O) groups is 2. The molecule has 3 aliphatic carbocycles. The summed E-state index contributed by atoms with van der Waals surface area (Å²) in [4.78, 5) is 28.4. The highest BCUT2D eigenvalue weighted by Crippen LogP contribution is 2.63. The number of hydrogen-bond donors (Lipinski definition) is 2. The first-order valence-corrected chi connectivity index (χ1v) is 16.1. The first kappa shape index (κ1) is 30.4. The van der Waals surface area contributed by atoms with Crippen LogP contribution in [0.1, 0.15) is 57.3 Å². The van der Waals surface area contributed by atoms with Crippen molar-refractivity contribution in [1.29, 1.82) is 0 Å². The van der Waals surface area contributed by atoms with E-state index in [2.05, 4.69) is 13.8 Å². The van der Waals surface area contributed by atoms with Gasteiger partial charge in [-0.05, 0) is 79.2 Å². The van der Waals surface area contributed by atoms with Gasteiger partial charge in [-0.2, -0.15) is 5.10 Å². The molecule has 4 aliphatic rings. The lowest BCUT2D eigenvalue weighted by molar-refractivity contribution is -0.151. The fourth-order valence-electron chi connectivity index (χ4n) is 8.10. The fraction of sp³-hybridized carbons (Fsp3) is 0.472. The Morgan fingerprint density at radius 2 is 1.82 bits per heavy atom. The van der Waals surface area contributed by atoms with Crippen LogP contribution in [0.4, 0.5) is 0 Å². The Kier molecular flexibility index (Phi) is 7.17. The summed E-state index contributed by atoms with van der Waals surface area (Å²) in [5, 5.41) is 29.1. The van der Waals surface area contributed by atoms with Gasteiger partial charge >= 0.3 is 5.97 Å². The summed E-state index contributed by atoms with van der Waals surface area (Å²) in [6.45, 7) is 8.26. The monoisotopic (exact) mass is 630 g/mol. The number of allylic oxidation sites excluding steroid dienone is 1. The number of ether oxygens (including phenoxy) is 2. The van der Waals surface area contributed by atoms with E-state index in [4.69, 9.17) is 26.2 Å². The Hall–Kier alpha value is -3.30. The number of aliphatic hydroxyl groups excluding tert-OH is 1. The van der Waals surface area contributed by atoms with Crippen LogP contribution in [0.25, 0.3) is 16.9 Å². The minimum Gasteiger partial charge on any atom is -0.455 e. The third-order valence-electron chi connectivity index (χ3n) is 11.0. The summed E-state index contributed by atoms with van der Waals surface area (Å²) in [7, 11) is 0. The molecule has 1 aliphatic heterocycles. The van der Waals surface area contributed by atoms with Gasteiger partial charge < -0.3 is 19.7 Å². The van der Waals surface area contributed by atoms with Crippen molar-refractivity contribution in [2.45, 2.75) is 70.4 Å². The van der Waals surface area contributed by atoms with Gasteiger partial charge in [0.2, 0.25) is 0 Å². The molecular formula is C36H39ClN2O6. The molecule has 2 N–H and O–H groups in total. The number of esters is 1. The van der Waals surface area contributed by atoms with Crippen molar-refractivity contribution in [3.8, 4) is 16.9 Å². The van der Waals surface area contributed by atoms with E-state index >= 15 is 0 Å². The number of epoxide rings is 1. The van der Waals surface area contributed by atoms with E-state index in [9.17, 15) is 19.8 Å². The number of rotatable bonds is 4. The van der Waals surface area contributed by atoms with Gasteiger partial charge in [-0.25, -0.2) is 9.48 Å². The number of nitrogens with zero attached hydrogens (tertiary/aromatic N) is 2. The first-order valence-electron chi connectivity index (χ1n) is 15.8. The number of fused-ring (bicyclic) bond motifs is 2.